The molecule has 7 nitrogen and oxygen atoms in total. The van der Waals surface area contributed by atoms with Gasteiger partial charge in [-0.2, -0.15) is 4.80 Å². The Bertz CT molecular complexity index is 357. The lowest BCUT2D eigenvalue weighted by atomic mass is 9.97. The van der Waals surface area contributed by atoms with Crippen molar-refractivity contribution in [1.82, 2.24) is 25.5 Å². The van der Waals surface area contributed by atoms with Crippen LogP contribution in [0.2, 0.25) is 0 Å². The molecule has 0 bridgehead atoms. The Balaban J connectivity index is 1.90. The summed E-state index contributed by atoms with van der Waals surface area (Å²) >= 11 is 0. The summed E-state index contributed by atoms with van der Waals surface area (Å²) < 4.78 is 0. The van der Waals surface area contributed by atoms with Crippen molar-refractivity contribution >= 4 is 0 Å². The van der Waals surface area contributed by atoms with Crippen molar-refractivity contribution in [3.8, 4) is 0 Å². The molecule has 0 radical (unpaired) electrons. The van der Waals surface area contributed by atoms with E-state index in [-0.39, 0.29) is 0 Å². The molecule has 1 aromatic heterocycles. The zero-order chi connectivity index (χ0) is 14.0. The monoisotopic (exact) mass is 282 g/mol. The average Bonchev–Trinajstić information content (AvgIpc) is 2.90. The molecule has 1 aliphatic heterocycles. The van der Waals surface area contributed by atoms with E-state index in [1.807, 2.05) is 0 Å². The van der Waals surface area contributed by atoms with Gasteiger partial charge in [-0.15, -0.1) is 10.2 Å². The Labute approximate surface area is 120 Å². The zero-order valence-electron chi connectivity index (χ0n) is 12.1. The molecule has 0 amide bonds. The summed E-state index contributed by atoms with van der Waals surface area (Å²) in [5.41, 5.74) is 0. The highest BCUT2D eigenvalue weighted by Gasteiger charge is 2.17. The molecule has 3 N–H and O–H groups in total. The van der Waals surface area contributed by atoms with E-state index in [1.54, 1.807) is 4.80 Å². The standard InChI is InChI=1S/C13H26N6O/c14-20-11-10-19-17-13(16-18-19)12-6-4-2-1-3-5-8-15-9-7-12/h12,15H,1-11,14H2. The third kappa shape index (κ3) is 5.15. The SMILES string of the molecule is NOCCn1nnc(C2CCCCCCCNCC2)n1. The molecular weight excluding hydrogens is 256 g/mol. The van der Waals surface area contributed by atoms with E-state index in [1.165, 1.54) is 32.1 Å². The van der Waals surface area contributed by atoms with Crippen LogP contribution in [0.15, 0.2) is 0 Å². The van der Waals surface area contributed by atoms with Gasteiger partial charge in [-0.1, -0.05) is 25.7 Å². The van der Waals surface area contributed by atoms with Gasteiger partial charge in [0.25, 0.3) is 0 Å². The minimum absolute atomic E-state index is 0.405. The van der Waals surface area contributed by atoms with E-state index >= 15 is 0 Å². The maximum atomic E-state index is 5.01. The van der Waals surface area contributed by atoms with E-state index in [9.17, 15) is 0 Å². The van der Waals surface area contributed by atoms with Gasteiger partial charge < -0.3 is 10.2 Å². The number of hydrogen-bond acceptors (Lipinski definition) is 6. The van der Waals surface area contributed by atoms with Gasteiger partial charge in [0.05, 0.1) is 13.2 Å². The van der Waals surface area contributed by atoms with E-state index in [2.05, 4.69) is 25.6 Å². The van der Waals surface area contributed by atoms with Gasteiger partial charge in [0.1, 0.15) is 0 Å². The molecule has 0 aliphatic carbocycles. The number of hydrogen-bond donors (Lipinski definition) is 2. The zero-order valence-corrected chi connectivity index (χ0v) is 12.1. The number of tetrazole rings is 1. The first-order chi connectivity index (χ1) is 9.90. The first kappa shape index (κ1) is 15.3. The third-order valence-corrected chi connectivity index (χ3v) is 3.82. The Morgan fingerprint density at radius 3 is 2.90 bits per heavy atom. The lowest BCUT2D eigenvalue weighted by Crippen LogP contribution is -2.19. The second-order valence-electron chi connectivity index (χ2n) is 5.41. The van der Waals surface area contributed by atoms with Gasteiger partial charge in [-0.3, -0.25) is 0 Å². The molecule has 114 valence electrons. The number of nitrogens with one attached hydrogen (secondary N) is 1. The molecule has 2 rings (SSSR count). The van der Waals surface area contributed by atoms with E-state index in [0.717, 1.165) is 31.8 Å². The molecule has 1 aliphatic rings. The summed E-state index contributed by atoms with van der Waals surface area (Å²) in [5, 5.41) is 16.2. The normalized spacial score (nSPS) is 22.4. The van der Waals surface area contributed by atoms with Crippen LogP contribution in [0.4, 0.5) is 0 Å². The summed E-state index contributed by atoms with van der Waals surface area (Å²) in [4.78, 5) is 6.11. The highest BCUT2D eigenvalue weighted by Crippen LogP contribution is 2.23. The summed E-state index contributed by atoms with van der Waals surface area (Å²) in [6.07, 6.45) is 8.77. The molecule has 1 fully saturated rings. The lowest BCUT2D eigenvalue weighted by Gasteiger charge is -2.12. The summed E-state index contributed by atoms with van der Waals surface area (Å²) in [5.74, 6) is 6.29. The first-order valence-electron chi connectivity index (χ1n) is 7.70. The quantitative estimate of drug-likeness (QED) is 0.800. The lowest BCUT2D eigenvalue weighted by molar-refractivity contribution is 0.123. The van der Waals surface area contributed by atoms with E-state index in [4.69, 9.17) is 5.90 Å². The van der Waals surface area contributed by atoms with Gasteiger partial charge in [0.2, 0.25) is 0 Å². The molecular formula is C13H26N6O. The van der Waals surface area contributed by atoms with Crippen LogP contribution in [0.5, 0.6) is 0 Å². The maximum absolute atomic E-state index is 5.01. The number of nitrogens with two attached hydrogens (primary N) is 1. The minimum atomic E-state index is 0.405. The third-order valence-electron chi connectivity index (χ3n) is 3.82. The second-order valence-corrected chi connectivity index (χ2v) is 5.41. The summed E-state index contributed by atoms with van der Waals surface area (Å²) in [6.45, 7) is 3.11. The molecule has 1 aromatic rings. The fourth-order valence-corrected chi connectivity index (χ4v) is 2.62. The summed E-state index contributed by atoms with van der Waals surface area (Å²) in [7, 11) is 0. The number of rotatable bonds is 4. The fourth-order valence-electron chi connectivity index (χ4n) is 2.62. The average molecular weight is 282 g/mol. The van der Waals surface area contributed by atoms with Crippen LogP contribution in [0.3, 0.4) is 0 Å². The Morgan fingerprint density at radius 1 is 1.15 bits per heavy atom. The van der Waals surface area contributed by atoms with Crippen LogP contribution in [0.25, 0.3) is 0 Å². The van der Waals surface area contributed by atoms with Crippen molar-refractivity contribution in [3.63, 3.8) is 0 Å². The molecule has 0 spiro atoms. The molecule has 0 aromatic carbocycles. The molecule has 0 saturated carbocycles. The fraction of sp³-hybridized carbons (Fsp3) is 0.923. The Hall–Kier alpha value is -1.05. The molecule has 1 atom stereocenters. The topological polar surface area (TPSA) is 90.9 Å². The summed E-state index contributed by atoms with van der Waals surface area (Å²) in [6, 6.07) is 0. The van der Waals surface area contributed by atoms with Crippen molar-refractivity contribution < 1.29 is 4.84 Å². The van der Waals surface area contributed by atoms with Crippen molar-refractivity contribution in [1.29, 1.82) is 0 Å². The van der Waals surface area contributed by atoms with E-state index in [0.29, 0.717) is 19.1 Å². The van der Waals surface area contributed by atoms with Crippen molar-refractivity contribution in [3.05, 3.63) is 5.82 Å². The van der Waals surface area contributed by atoms with Gasteiger partial charge in [0.15, 0.2) is 5.82 Å². The molecule has 7 heteroatoms. The molecule has 20 heavy (non-hydrogen) atoms. The van der Waals surface area contributed by atoms with Crippen LogP contribution in [-0.2, 0) is 11.4 Å². The predicted molar refractivity (Wildman–Crippen MR) is 75.9 cm³/mol. The molecule has 1 saturated heterocycles. The highest BCUT2D eigenvalue weighted by atomic mass is 16.6. The Kier molecular flexibility index (Phi) is 6.90. The van der Waals surface area contributed by atoms with Gasteiger partial charge in [-0.25, -0.2) is 5.90 Å². The van der Waals surface area contributed by atoms with Crippen LogP contribution >= 0.6 is 0 Å². The van der Waals surface area contributed by atoms with Crippen LogP contribution in [0, 0.1) is 0 Å². The second kappa shape index (κ2) is 8.99. The minimum Gasteiger partial charge on any atom is -0.317 e. The predicted octanol–water partition coefficient (Wildman–Crippen LogP) is 0.981. The van der Waals surface area contributed by atoms with Crippen molar-refractivity contribution in [2.24, 2.45) is 5.90 Å². The Morgan fingerprint density at radius 2 is 2.00 bits per heavy atom. The molecule has 2 heterocycles. The van der Waals surface area contributed by atoms with Gasteiger partial charge in [-0.05, 0) is 37.6 Å². The maximum Gasteiger partial charge on any atom is 0.177 e. The van der Waals surface area contributed by atoms with Crippen LogP contribution in [-0.4, -0.2) is 39.9 Å². The smallest absolute Gasteiger partial charge is 0.177 e. The van der Waals surface area contributed by atoms with Crippen molar-refractivity contribution in [2.45, 2.75) is 57.4 Å². The number of nitrogens with zero attached hydrogens (tertiary/aromatic N) is 4. The van der Waals surface area contributed by atoms with Gasteiger partial charge >= 0.3 is 0 Å². The number of aromatic nitrogens is 4. The van der Waals surface area contributed by atoms with Crippen molar-refractivity contribution in [2.75, 3.05) is 19.7 Å². The van der Waals surface area contributed by atoms with E-state index < -0.39 is 0 Å². The van der Waals surface area contributed by atoms with Crippen LogP contribution < -0.4 is 11.2 Å². The highest BCUT2D eigenvalue weighted by molar-refractivity contribution is 4.91. The largest absolute Gasteiger partial charge is 0.317 e. The molecule has 1 unspecified atom stereocenters. The first-order valence-corrected chi connectivity index (χ1v) is 7.70. The van der Waals surface area contributed by atoms with Gasteiger partial charge in [0, 0.05) is 5.92 Å². The van der Waals surface area contributed by atoms with Crippen LogP contribution in [0.1, 0.15) is 56.7 Å².